The van der Waals surface area contributed by atoms with Crippen LogP contribution in [0.4, 0.5) is 0 Å². The first-order chi connectivity index (χ1) is 6.13. The minimum Gasteiger partial charge on any atom is -0.494 e. The lowest BCUT2D eigenvalue weighted by Crippen LogP contribution is -2.06. The van der Waals surface area contributed by atoms with E-state index in [-0.39, 0.29) is 12.1 Å². The van der Waals surface area contributed by atoms with Crippen molar-refractivity contribution in [2.75, 3.05) is 6.61 Å². The molecule has 2 atom stereocenters. The summed E-state index contributed by atoms with van der Waals surface area (Å²) in [6, 6.07) is 0. The molecule has 0 radical (unpaired) electrons. The summed E-state index contributed by atoms with van der Waals surface area (Å²) in [5, 5.41) is 0. The molecule has 0 aromatic heterocycles. The standard InChI is InChI=1S/C10H16O3/c1-4-12-10(11)6-9-5-7(2)8(3)13-9/h6-8H,4-5H2,1-3H3/b9-6-/t7-,8+/m1/s1. The van der Waals surface area contributed by atoms with E-state index < -0.39 is 0 Å². The molecule has 3 heteroatoms. The maximum Gasteiger partial charge on any atom is 0.334 e. The second kappa shape index (κ2) is 4.30. The highest BCUT2D eigenvalue weighted by molar-refractivity contribution is 5.82. The average molecular weight is 184 g/mol. The maximum absolute atomic E-state index is 11.0. The lowest BCUT2D eigenvalue weighted by molar-refractivity contribution is -0.137. The van der Waals surface area contributed by atoms with Gasteiger partial charge in [-0.2, -0.15) is 0 Å². The molecule has 0 aliphatic carbocycles. The summed E-state index contributed by atoms with van der Waals surface area (Å²) < 4.78 is 10.2. The summed E-state index contributed by atoms with van der Waals surface area (Å²) >= 11 is 0. The normalized spacial score (nSPS) is 30.2. The molecule has 0 saturated carbocycles. The number of hydrogen-bond acceptors (Lipinski definition) is 3. The van der Waals surface area contributed by atoms with Crippen molar-refractivity contribution in [3.8, 4) is 0 Å². The number of hydrogen-bond donors (Lipinski definition) is 0. The highest BCUT2D eigenvalue weighted by atomic mass is 16.5. The number of ether oxygens (including phenoxy) is 2. The summed E-state index contributed by atoms with van der Waals surface area (Å²) in [5.41, 5.74) is 0. The Kier molecular flexibility index (Phi) is 3.34. The van der Waals surface area contributed by atoms with Gasteiger partial charge in [0.25, 0.3) is 0 Å². The van der Waals surface area contributed by atoms with Gasteiger partial charge in [-0.25, -0.2) is 4.79 Å². The highest BCUT2D eigenvalue weighted by Crippen LogP contribution is 2.28. The van der Waals surface area contributed by atoms with E-state index in [9.17, 15) is 4.79 Å². The summed E-state index contributed by atoms with van der Waals surface area (Å²) in [7, 11) is 0. The number of esters is 1. The van der Waals surface area contributed by atoms with E-state index >= 15 is 0 Å². The van der Waals surface area contributed by atoms with Crippen molar-refractivity contribution < 1.29 is 14.3 Å². The monoisotopic (exact) mass is 184 g/mol. The molecule has 1 aliphatic heterocycles. The molecule has 0 aromatic rings. The van der Waals surface area contributed by atoms with Gasteiger partial charge in [0.1, 0.15) is 5.76 Å². The second-order valence-electron chi connectivity index (χ2n) is 3.37. The lowest BCUT2D eigenvalue weighted by atomic mass is 10.1. The van der Waals surface area contributed by atoms with Gasteiger partial charge in [0, 0.05) is 6.42 Å². The molecule has 1 rings (SSSR count). The molecule has 0 amide bonds. The van der Waals surface area contributed by atoms with Gasteiger partial charge in [-0.15, -0.1) is 0 Å². The van der Waals surface area contributed by atoms with E-state index in [1.165, 1.54) is 6.08 Å². The van der Waals surface area contributed by atoms with Crippen molar-refractivity contribution in [2.24, 2.45) is 5.92 Å². The number of carbonyl (C=O) groups excluding carboxylic acids is 1. The van der Waals surface area contributed by atoms with Crippen LogP contribution >= 0.6 is 0 Å². The smallest absolute Gasteiger partial charge is 0.334 e. The summed E-state index contributed by atoms with van der Waals surface area (Å²) in [6.45, 7) is 6.32. The summed E-state index contributed by atoms with van der Waals surface area (Å²) in [6.07, 6.45) is 2.49. The number of carbonyl (C=O) groups is 1. The van der Waals surface area contributed by atoms with Crippen LogP contribution in [0.3, 0.4) is 0 Å². The second-order valence-corrected chi connectivity index (χ2v) is 3.37. The molecule has 74 valence electrons. The molecule has 0 bridgehead atoms. The Labute approximate surface area is 78.7 Å². The van der Waals surface area contributed by atoms with Crippen LogP contribution in [0.25, 0.3) is 0 Å². The molecule has 1 saturated heterocycles. The first-order valence-electron chi connectivity index (χ1n) is 4.67. The largest absolute Gasteiger partial charge is 0.494 e. The summed E-state index contributed by atoms with van der Waals surface area (Å²) in [4.78, 5) is 11.0. The Morgan fingerprint density at radius 3 is 2.85 bits per heavy atom. The van der Waals surface area contributed by atoms with Crippen molar-refractivity contribution >= 4 is 5.97 Å². The molecule has 0 N–H and O–H groups in total. The highest BCUT2D eigenvalue weighted by Gasteiger charge is 2.25. The molecule has 1 fully saturated rings. The van der Waals surface area contributed by atoms with Gasteiger partial charge in [0.05, 0.1) is 18.8 Å². The topological polar surface area (TPSA) is 35.5 Å². The quantitative estimate of drug-likeness (QED) is 0.485. The van der Waals surface area contributed by atoms with Crippen LogP contribution in [-0.4, -0.2) is 18.7 Å². The van der Waals surface area contributed by atoms with E-state index in [1.807, 2.05) is 6.92 Å². The van der Waals surface area contributed by atoms with Crippen LogP contribution in [0, 0.1) is 5.92 Å². The van der Waals surface area contributed by atoms with Crippen molar-refractivity contribution in [1.82, 2.24) is 0 Å². The van der Waals surface area contributed by atoms with Crippen LogP contribution < -0.4 is 0 Å². The van der Waals surface area contributed by atoms with Gasteiger partial charge in [-0.1, -0.05) is 6.92 Å². The predicted octanol–water partition coefficient (Wildman–Crippen LogP) is 1.88. The Bertz CT molecular complexity index is 208. The molecule has 3 nitrogen and oxygen atoms in total. The zero-order valence-electron chi connectivity index (χ0n) is 8.37. The molecule has 0 unspecified atom stereocenters. The van der Waals surface area contributed by atoms with Gasteiger partial charge in [0.15, 0.2) is 0 Å². The first kappa shape index (κ1) is 10.1. The van der Waals surface area contributed by atoms with Crippen LogP contribution in [-0.2, 0) is 14.3 Å². The van der Waals surface area contributed by atoms with Crippen molar-refractivity contribution in [2.45, 2.75) is 33.3 Å². The van der Waals surface area contributed by atoms with Gasteiger partial charge in [-0.3, -0.25) is 0 Å². The fraction of sp³-hybridized carbons (Fsp3) is 0.700. The SMILES string of the molecule is CCOC(=O)/C=C1/C[C@@H](C)[C@H](C)O1. The molecule has 1 heterocycles. The minimum absolute atomic E-state index is 0.209. The zero-order chi connectivity index (χ0) is 9.84. The third-order valence-corrected chi connectivity index (χ3v) is 2.23. The van der Waals surface area contributed by atoms with Crippen LogP contribution in [0.2, 0.25) is 0 Å². The zero-order valence-corrected chi connectivity index (χ0v) is 8.37. The van der Waals surface area contributed by atoms with Gasteiger partial charge >= 0.3 is 5.97 Å². The molecule has 0 aromatic carbocycles. The molecular formula is C10H16O3. The average Bonchev–Trinajstić information content (AvgIpc) is 2.31. The van der Waals surface area contributed by atoms with Crippen LogP contribution in [0.5, 0.6) is 0 Å². The van der Waals surface area contributed by atoms with Crippen molar-refractivity contribution in [3.63, 3.8) is 0 Å². The first-order valence-corrected chi connectivity index (χ1v) is 4.67. The van der Waals surface area contributed by atoms with Crippen molar-refractivity contribution in [1.29, 1.82) is 0 Å². The minimum atomic E-state index is -0.307. The van der Waals surface area contributed by atoms with E-state index in [2.05, 4.69) is 6.92 Å². The molecule has 0 spiro atoms. The Hall–Kier alpha value is -0.990. The Balaban J connectivity index is 2.49. The van der Waals surface area contributed by atoms with Crippen LogP contribution in [0.15, 0.2) is 11.8 Å². The van der Waals surface area contributed by atoms with Crippen molar-refractivity contribution in [3.05, 3.63) is 11.8 Å². The Morgan fingerprint density at radius 1 is 1.69 bits per heavy atom. The van der Waals surface area contributed by atoms with Gasteiger partial charge in [0.2, 0.25) is 0 Å². The third-order valence-electron chi connectivity index (χ3n) is 2.23. The predicted molar refractivity (Wildman–Crippen MR) is 49.0 cm³/mol. The van der Waals surface area contributed by atoms with E-state index in [4.69, 9.17) is 9.47 Å². The fourth-order valence-electron chi connectivity index (χ4n) is 1.29. The fourth-order valence-corrected chi connectivity index (χ4v) is 1.29. The Morgan fingerprint density at radius 2 is 2.38 bits per heavy atom. The number of rotatable bonds is 2. The van der Waals surface area contributed by atoms with E-state index in [1.54, 1.807) is 6.92 Å². The molecule has 13 heavy (non-hydrogen) atoms. The maximum atomic E-state index is 11.0. The van der Waals surface area contributed by atoms with E-state index in [0.717, 1.165) is 12.2 Å². The lowest BCUT2D eigenvalue weighted by Gasteiger charge is -2.06. The van der Waals surface area contributed by atoms with E-state index in [0.29, 0.717) is 12.5 Å². The third kappa shape index (κ3) is 2.76. The molecule has 1 aliphatic rings. The number of allylic oxidation sites excluding steroid dienone is 1. The molecular weight excluding hydrogens is 168 g/mol. The van der Waals surface area contributed by atoms with Crippen LogP contribution in [0.1, 0.15) is 27.2 Å². The summed E-state index contributed by atoms with van der Waals surface area (Å²) in [5.74, 6) is 0.929. The van der Waals surface area contributed by atoms with Gasteiger partial charge in [-0.05, 0) is 19.8 Å². The van der Waals surface area contributed by atoms with Gasteiger partial charge < -0.3 is 9.47 Å².